The molecule has 0 spiro atoms. The van der Waals surface area contributed by atoms with Crippen LogP contribution in [0.4, 0.5) is 5.69 Å². The van der Waals surface area contributed by atoms with Crippen molar-refractivity contribution in [3.05, 3.63) is 40.3 Å². The van der Waals surface area contributed by atoms with E-state index in [1.165, 1.54) is 23.7 Å². The molecule has 1 atom stereocenters. The molecule has 9 nitrogen and oxygen atoms in total. The third-order valence-electron chi connectivity index (χ3n) is 4.56. The van der Waals surface area contributed by atoms with Crippen LogP contribution in [0.2, 0.25) is 5.28 Å². The lowest BCUT2D eigenvalue weighted by Gasteiger charge is -2.10. The van der Waals surface area contributed by atoms with Crippen LogP contribution in [0.25, 0.3) is 21.1 Å². The fraction of sp³-hybridized carbons (Fsp3) is 0.158. The topological polar surface area (TPSA) is 126 Å². The number of carbonyl (C=O) groups is 1. The molecule has 5 rings (SSSR count). The molecule has 1 aliphatic rings. The monoisotopic (exact) mass is 437 g/mol. The Morgan fingerprint density at radius 2 is 2.17 bits per heavy atom. The molecule has 0 saturated carbocycles. The SMILES string of the molecule is C[C@@H]1CNc2c(sc3ccc4nc(Oc5nc(Cl)ncc5C#N)cnc4c23)C(=O)N1. The quantitative estimate of drug-likeness (QED) is 0.456. The predicted molar refractivity (Wildman–Crippen MR) is 112 cm³/mol. The third kappa shape index (κ3) is 3.04. The molecule has 148 valence electrons. The van der Waals surface area contributed by atoms with E-state index < -0.39 is 0 Å². The van der Waals surface area contributed by atoms with E-state index in [1.54, 1.807) is 0 Å². The van der Waals surface area contributed by atoms with Crippen LogP contribution in [0.1, 0.15) is 22.2 Å². The van der Waals surface area contributed by atoms with Crippen LogP contribution < -0.4 is 15.4 Å². The minimum atomic E-state index is -0.102. The summed E-state index contributed by atoms with van der Waals surface area (Å²) >= 11 is 7.21. The maximum Gasteiger partial charge on any atom is 0.263 e. The minimum absolute atomic E-state index is 0.00366. The van der Waals surface area contributed by atoms with E-state index in [0.717, 1.165) is 15.8 Å². The van der Waals surface area contributed by atoms with Gasteiger partial charge in [-0.05, 0) is 30.7 Å². The number of ether oxygens (including phenoxy) is 1. The van der Waals surface area contributed by atoms with Crippen molar-refractivity contribution in [2.45, 2.75) is 13.0 Å². The number of thiophene rings is 1. The van der Waals surface area contributed by atoms with Crippen molar-refractivity contribution in [1.29, 1.82) is 5.26 Å². The molecular formula is C19H12ClN7O2S. The summed E-state index contributed by atoms with van der Waals surface area (Å²) in [6.45, 7) is 2.56. The standard InChI is InChI=1S/C19H12ClN7O2S/c1-8-5-22-15-13-11(30-16(15)17(28)25-8)3-2-10-14(13)23-7-12(26-10)29-18-9(4-21)6-24-19(20)27-18/h2-3,6-8,22H,5H2,1H3,(H,25,28)/t8-/m1/s1. The molecule has 0 unspecified atom stereocenters. The van der Waals surface area contributed by atoms with E-state index in [0.29, 0.717) is 22.5 Å². The number of nitrogens with zero attached hydrogens (tertiary/aromatic N) is 5. The Bertz CT molecular complexity index is 1380. The van der Waals surface area contributed by atoms with Crippen LogP contribution in [-0.4, -0.2) is 38.4 Å². The van der Waals surface area contributed by atoms with E-state index in [4.69, 9.17) is 16.3 Å². The molecule has 0 saturated heterocycles. The van der Waals surface area contributed by atoms with Crippen molar-refractivity contribution in [2.24, 2.45) is 0 Å². The molecule has 0 radical (unpaired) electrons. The summed E-state index contributed by atoms with van der Waals surface area (Å²) in [7, 11) is 0. The van der Waals surface area contributed by atoms with Crippen LogP contribution in [0, 0.1) is 11.3 Å². The van der Waals surface area contributed by atoms with Gasteiger partial charge in [0.1, 0.15) is 16.5 Å². The summed E-state index contributed by atoms with van der Waals surface area (Å²) in [5, 5.41) is 16.3. The van der Waals surface area contributed by atoms with E-state index in [1.807, 2.05) is 25.1 Å². The maximum atomic E-state index is 12.5. The Labute approximate surface area is 178 Å². The lowest BCUT2D eigenvalue weighted by Crippen LogP contribution is -2.34. The first-order valence-electron chi connectivity index (χ1n) is 8.91. The van der Waals surface area contributed by atoms with Crippen molar-refractivity contribution in [1.82, 2.24) is 25.3 Å². The number of benzene rings is 1. The summed E-state index contributed by atoms with van der Waals surface area (Å²) in [4.78, 5) is 29.9. The predicted octanol–water partition coefficient (Wildman–Crippen LogP) is 3.50. The summed E-state index contributed by atoms with van der Waals surface area (Å²) in [6, 6.07) is 5.67. The first-order chi connectivity index (χ1) is 14.5. The number of nitriles is 1. The van der Waals surface area contributed by atoms with Crippen molar-refractivity contribution in [2.75, 3.05) is 11.9 Å². The van der Waals surface area contributed by atoms with E-state index in [-0.39, 0.29) is 34.6 Å². The first-order valence-corrected chi connectivity index (χ1v) is 10.1. The highest BCUT2D eigenvalue weighted by molar-refractivity contribution is 7.21. The first kappa shape index (κ1) is 18.5. The normalized spacial score (nSPS) is 15.8. The van der Waals surface area contributed by atoms with E-state index in [2.05, 4.69) is 30.6 Å². The molecule has 4 aromatic rings. The van der Waals surface area contributed by atoms with Crippen LogP contribution in [0.5, 0.6) is 11.8 Å². The second-order valence-corrected chi connectivity index (χ2v) is 8.04. The van der Waals surface area contributed by atoms with Crippen molar-refractivity contribution in [3.63, 3.8) is 0 Å². The van der Waals surface area contributed by atoms with Gasteiger partial charge in [-0.3, -0.25) is 4.79 Å². The van der Waals surface area contributed by atoms with Gasteiger partial charge in [0.05, 0.1) is 29.1 Å². The molecular weight excluding hydrogens is 426 g/mol. The van der Waals surface area contributed by atoms with Gasteiger partial charge in [-0.25, -0.2) is 15.0 Å². The molecule has 3 aromatic heterocycles. The van der Waals surface area contributed by atoms with Crippen LogP contribution in [-0.2, 0) is 0 Å². The van der Waals surface area contributed by atoms with Gasteiger partial charge in [0.25, 0.3) is 5.91 Å². The number of amides is 1. The van der Waals surface area contributed by atoms with Crippen molar-refractivity contribution < 1.29 is 9.53 Å². The molecule has 2 N–H and O–H groups in total. The molecule has 1 aromatic carbocycles. The van der Waals surface area contributed by atoms with Crippen molar-refractivity contribution >= 4 is 55.7 Å². The third-order valence-corrected chi connectivity index (χ3v) is 5.89. The van der Waals surface area contributed by atoms with Crippen LogP contribution >= 0.6 is 22.9 Å². The van der Waals surface area contributed by atoms with E-state index in [9.17, 15) is 10.1 Å². The minimum Gasteiger partial charge on any atom is -0.417 e. The highest BCUT2D eigenvalue weighted by Gasteiger charge is 2.25. The van der Waals surface area contributed by atoms with Crippen LogP contribution in [0.15, 0.2) is 24.5 Å². The molecule has 1 amide bonds. The number of carbonyl (C=O) groups excluding carboxylic acids is 1. The Morgan fingerprint density at radius 1 is 1.30 bits per heavy atom. The van der Waals surface area contributed by atoms with Gasteiger partial charge in [0.15, 0.2) is 0 Å². The molecule has 0 fully saturated rings. The number of anilines is 1. The number of hydrogen-bond acceptors (Lipinski definition) is 9. The number of hydrogen-bond donors (Lipinski definition) is 2. The van der Waals surface area contributed by atoms with Crippen molar-refractivity contribution in [3.8, 4) is 17.8 Å². The molecule has 1 aliphatic heterocycles. The molecule has 11 heteroatoms. The summed E-state index contributed by atoms with van der Waals surface area (Å²) in [6.07, 6.45) is 2.73. The number of nitrogens with one attached hydrogen (secondary N) is 2. The van der Waals surface area contributed by atoms with Crippen LogP contribution in [0.3, 0.4) is 0 Å². The maximum absolute atomic E-state index is 12.5. The largest absolute Gasteiger partial charge is 0.417 e. The number of halogens is 1. The lowest BCUT2D eigenvalue weighted by atomic mass is 10.1. The average molecular weight is 438 g/mol. The second-order valence-electron chi connectivity index (χ2n) is 6.65. The zero-order chi connectivity index (χ0) is 20.8. The Hall–Kier alpha value is -3.55. The smallest absolute Gasteiger partial charge is 0.263 e. The number of rotatable bonds is 2. The lowest BCUT2D eigenvalue weighted by molar-refractivity contribution is 0.0949. The summed E-state index contributed by atoms with van der Waals surface area (Å²) < 4.78 is 6.57. The van der Waals surface area contributed by atoms with Gasteiger partial charge in [0.2, 0.25) is 17.0 Å². The second kappa shape index (κ2) is 7.05. The fourth-order valence-electron chi connectivity index (χ4n) is 3.22. The highest BCUT2D eigenvalue weighted by Crippen LogP contribution is 2.40. The zero-order valence-corrected chi connectivity index (χ0v) is 17.0. The number of fused-ring (bicyclic) bond motifs is 5. The Kier molecular flexibility index (Phi) is 4.34. The average Bonchev–Trinajstić information content (AvgIpc) is 3.05. The Balaban J connectivity index is 1.62. The van der Waals surface area contributed by atoms with Gasteiger partial charge in [-0.1, -0.05) is 0 Å². The van der Waals surface area contributed by atoms with Gasteiger partial charge >= 0.3 is 0 Å². The summed E-state index contributed by atoms with van der Waals surface area (Å²) in [5.74, 6) is 0.0622. The molecule has 4 heterocycles. The van der Waals surface area contributed by atoms with Gasteiger partial charge in [-0.15, -0.1) is 11.3 Å². The Morgan fingerprint density at radius 3 is 3.00 bits per heavy atom. The summed E-state index contributed by atoms with van der Waals surface area (Å²) in [5.41, 5.74) is 2.12. The zero-order valence-electron chi connectivity index (χ0n) is 15.4. The molecule has 0 aliphatic carbocycles. The fourth-order valence-corrected chi connectivity index (χ4v) is 4.43. The molecule has 0 bridgehead atoms. The van der Waals surface area contributed by atoms with Gasteiger partial charge < -0.3 is 15.4 Å². The van der Waals surface area contributed by atoms with Gasteiger partial charge in [0, 0.05) is 22.7 Å². The highest BCUT2D eigenvalue weighted by atomic mass is 35.5. The van der Waals surface area contributed by atoms with E-state index >= 15 is 0 Å². The molecule has 30 heavy (non-hydrogen) atoms. The van der Waals surface area contributed by atoms with Gasteiger partial charge in [-0.2, -0.15) is 10.2 Å². The number of aromatic nitrogens is 4.